The second-order valence-electron chi connectivity index (χ2n) is 8.26. The highest BCUT2D eigenvalue weighted by Gasteiger charge is 2.18. The molecule has 3 rings (SSSR count). The SMILES string of the molecule is CC(NC(=O)c1ccccc1SCC(=O)NC1CCCCCCC1)c1ccc(F)c(F)c1. The van der Waals surface area contributed by atoms with Crippen LogP contribution in [0.5, 0.6) is 0 Å². The molecule has 2 aromatic carbocycles. The Balaban J connectivity index is 1.57. The smallest absolute Gasteiger partial charge is 0.252 e. The monoisotopic (exact) mass is 460 g/mol. The van der Waals surface area contributed by atoms with Crippen molar-refractivity contribution in [2.24, 2.45) is 0 Å². The van der Waals surface area contributed by atoms with Gasteiger partial charge in [-0.15, -0.1) is 11.8 Å². The molecule has 7 heteroatoms. The van der Waals surface area contributed by atoms with Crippen LogP contribution in [0, 0.1) is 11.6 Å². The first kappa shape index (κ1) is 24.2. The predicted octanol–water partition coefficient (Wildman–Crippen LogP) is 5.78. The Kier molecular flexibility index (Phi) is 9.09. The molecule has 1 aliphatic rings. The molecule has 0 aliphatic heterocycles. The minimum atomic E-state index is -0.949. The molecule has 0 heterocycles. The Morgan fingerprint density at radius 3 is 2.41 bits per heavy atom. The molecule has 2 amide bonds. The molecule has 1 unspecified atom stereocenters. The predicted molar refractivity (Wildman–Crippen MR) is 124 cm³/mol. The maximum absolute atomic E-state index is 13.5. The maximum Gasteiger partial charge on any atom is 0.252 e. The Morgan fingerprint density at radius 2 is 1.69 bits per heavy atom. The van der Waals surface area contributed by atoms with Crippen molar-refractivity contribution < 1.29 is 18.4 Å². The lowest BCUT2D eigenvalue weighted by Gasteiger charge is -2.21. The summed E-state index contributed by atoms with van der Waals surface area (Å²) in [5, 5.41) is 5.97. The first-order valence-corrected chi connectivity index (χ1v) is 12.2. The lowest BCUT2D eigenvalue weighted by atomic mass is 9.97. The number of amides is 2. The van der Waals surface area contributed by atoms with Gasteiger partial charge in [0, 0.05) is 10.9 Å². The number of hydrogen-bond acceptors (Lipinski definition) is 3. The van der Waals surface area contributed by atoms with Crippen molar-refractivity contribution in [2.45, 2.75) is 68.8 Å². The second-order valence-corrected chi connectivity index (χ2v) is 9.28. The van der Waals surface area contributed by atoms with E-state index >= 15 is 0 Å². The Hall–Kier alpha value is -2.41. The van der Waals surface area contributed by atoms with Gasteiger partial charge in [-0.25, -0.2) is 8.78 Å². The maximum atomic E-state index is 13.5. The molecule has 0 aromatic heterocycles. The van der Waals surface area contributed by atoms with Gasteiger partial charge >= 0.3 is 0 Å². The molecule has 1 fully saturated rings. The van der Waals surface area contributed by atoms with E-state index in [0.29, 0.717) is 16.0 Å². The zero-order valence-corrected chi connectivity index (χ0v) is 19.2. The van der Waals surface area contributed by atoms with Crippen molar-refractivity contribution in [2.75, 3.05) is 5.75 Å². The number of carbonyl (C=O) groups is 2. The van der Waals surface area contributed by atoms with Gasteiger partial charge in [0.1, 0.15) is 0 Å². The molecule has 32 heavy (non-hydrogen) atoms. The summed E-state index contributed by atoms with van der Waals surface area (Å²) in [4.78, 5) is 26.0. The van der Waals surface area contributed by atoms with E-state index in [4.69, 9.17) is 0 Å². The molecule has 0 bridgehead atoms. The summed E-state index contributed by atoms with van der Waals surface area (Å²) in [6.07, 6.45) is 8.09. The second kappa shape index (κ2) is 12.0. The van der Waals surface area contributed by atoms with Crippen LogP contribution >= 0.6 is 11.8 Å². The average Bonchev–Trinajstić information content (AvgIpc) is 2.76. The van der Waals surface area contributed by atoms with Crippen LogP contribution in [0.2, 0.25) is 0 Å². The van der Waals surface area contributed by atoms with Gasteiger partial charge in [0.05, 0.1) is 17.4 Å². The van der Waals surface area contributed by atoms with Gasteiger partial charge in [-0.3, -0.25) is 9.59 Å². The van der Waals surface area contributed by atoms with Crippen molar-refractivity contribution in [3.8, 4) is 0 Å². The van der Waals surface area contributed by atoms with Crippen LogP contribution in [0.1, 0.15) is 73.8 Å². The summed E-state index contributed by atoms with van der Waals surface area (Å²) in [7, 11) is 0. The van der Waals surface area contributed by atoms with E-state index in [1.54, 1.807) is 19.1 Å². The largest absolute Gasteiger partial charge is 0.353 e. The van der Waals surface area contributed by atoms with E-state index in [1.165, 1.54) is 37.1 Å². The van der Waals surface area contributed by atoms with Gasteiger partial charge in [0.15, 0.2) is 11.6 Å². The zero-order chi connectivity index (χ0) is 22.9. The lowest BCUT2D eigenvalue weighted by molar-refractivity contribution is -0.119. The summed E-state index contributed by atoms with van der Waals surface area (Å²) < 4.78 is 26.7. The molecule has 2 N–H and O–H groups in total. The quantitative estimate of drug-likeness (QED) is 0.515. The zero-order valence-electron chi connectivity index (χ0n) is 18.3. The average molecular weight is 461 g/mol. The van der Waals surface area contributed by atoms with E-state index in [9.17, 15) is 18.4 Å². The summed E-state index contributed by atoms with van der Waals surface area (Å²) in [5.41, 5.74) is 0.923. The number of nitrogens with one attached hydrogen (secondary N) is 2. The van der Waals surface area contributed by atoms with Crippen LogP contribution in [0.25, 0.3) is 0 Å². The molecule has 0 spiro atoms. The first-order chi connectivity index (χ1) is 15.4. The van der Waals surface area contributed by atoms with Gasteiger partial charge in [0.25, 0.3) is 5.91 Å². The van der Waals surface area contributed by atoms with E-state index in [2.05, 4.69) is 10.6 Å². The van der Waals surface area contributed by atoms with Gasteiger partial charge < -0.3 is 10.6 Å². The number of benzene rings is 2. The Labute approximate surface area is 192 Å². The van der Waals surface area contributed by atoms with Gasteiger partial charge in [-0.1, -0.05) is 50.3 Å². The number of hydrogen-bond donors (Lipinski definition) is 2. The normalized spacial score (nSPS) is 16.0. The molecule has 0 saturated heterocycles. The molecule has 4 nitrogen and oxygen atoms in total. The highest BCUT2D eigenvalue weighted by atomic mass is 32.2. The van der Waals surface area contributed by atoms with Crippen molar-refractivity contribution in [1.82, 2.24) is 10.6 Å². The minimum absolute atomic E-state index is 0.0223. The highest BCUT2D eigenvalue weighted by Crippen LogP contribution is 2.24. The number of halogens is 2. The van der Waals surface area contributed by atoms with Crippen molar-refractivity contribution in [1.29, 1.82) is 0 Å². The van der Waals surface area contributed by atoms with Crippen LogP contribution in [0.4, 0.5) is 8.78 Å². The van der Waals surface area contributed by atoms with Crippen molar-refractivity contribution >= 4 is 23.6 Å². The first-order valence-electron chi connectivity index (χ1n) is 11.2. The molecule has 1 saturated carbocycles. The van der Waals surface area contributed by atoms with Crippen LogP contribution in [0.15, 0.2) is 47.4 Å². The van der Waals surface area contributed by atoms with E-state index in [1.807, 2.05) is 12.1 Å². The lowest BCUT2D eigenvalue weighted by Crippen LogP contribution is -2.36. The van der Waals surface area contributed by atoms with E-state index in [-0.39, 0.29) is 23.6 Å². The highest BCUT2D eigenvalue weighted by molar-refractivity contribution is 8.00. The number of thioether (sulfide) groups is 1. The topological polar surface area (TPSA) is 58.2 Å². The minimum Gasteiger partial charge on any atom is -0.353 e. The fourth-order valence-corrected chi connectivity index (χ4v) is 4.79. The van der Waals surface area contributed by atoms with Crippen LogP contribution in [-0.4, -0.2) is 23.6 Å². The Bertz CT molecular complexity index is 930. The van der Waals surface area contributed by atoms with Crippen LogP contribution in [0.3, 0.4) is 0 Å². The van der Waals surface area contributed by atoms with Gasteiger partial charge in [-0.05, 0) is 49.6 Å². The van der Waals surface area contributed by atoms with Crippen molar-refractivity contribution in [3.63, 3.8) is 0 Å². The Morgan fingerprint density at radius 1 is 1.00 bits per heavy atom. The molecular formula is C25H30F2N2O2S. The molecule has 2 aromatic rings. The number of rotatable bonds is 7. The summed E-state index contributed by atoms with van der Waals surface area (Å²) in [6, 6.07) is 10.4. The fourth-order valence-electron chi connectivity index (χ4n) is 3.93. The molecule has 1 aliphatic carbocycles. The third-order valence-electron chi connectivity index (χ3n) is 5.75. The fraction of sp³-hybridized carbons (Fsp3) is 0.440. The third-order valence-corrected chi connectivity index (χ3v) is 6.83. The third kappa shape index (κ3) is 7.05. The van der Waals surface area contributed by atoms with Crippen LogP contribution < -0.4 is 10.6 Å². The molecule has 172 valence electrons. The summed E-state index contributed by atoms with van der Waals surface area (Å²) in [5.74, 6) is -1.99. The van der Waals surface area contributed by atoms with E-state index in [0.717, 1.165) is 37.8 Å². The molecule has 0 radical (unpaired) electrons. The summed E-state index contributed by atoms with van der Waals surface area (Å²) in [6.45, 7) is 1.71. The standard InChI is InChI=1S/C25H30F2N2O2S/c1-17(18-13-14-21(26)22(27)15-18)28-25(31)20-11-7-8-12-23(20)32-16-24(30)29-19-9-5-3-2-4-6-10-19/h7-8,11-15,17,19H,2-6,9-10,16H2,1H3,(H,28,31)(H,29,30). The van der Waals surface area contributed by atoms with Gasteiger partial charge in [0.2, 0.25) is 5.91 Å². The van der Waals surface area contributed by atoms with Crippen molar-refractivity contribution in [3.05, 3.63) is 65.2 Å². The summed E-state index contributed by atoms with van der Waals surface area (Å²) >= 11 is 1.33. The van der Waals surface area contributed by atoms with Gasteiger partial charge in [-0.2, -0.15) is 0 Å². The van der Waals surface area contributed by atoms with E-state index < -0.39 is 17.7 Å². The number of carbonyl (C=O) groups excluding carboxylic acids is 2. The molecule has 1 atom stereocenters. The molecular weight excluding hydrogens is 430 g/mol. The van der Waals surface area contributed by atoms with Crippen LogP contribution in [-0.2, 0) is 4.79 Å².